The Balaban J connectivity index is 2.84. The molecule has 0 atom stereocenters. The molecule has 0 bridgehead atoms. The minimum atomic E-state index is 0.509. The number of aromatic amines is 1. The van der Waals surface area contributed by atoms with Crippen molar-refractivity contribution >= 4 is 29.6 Å². The summed E-state index contributed by atoms with van der Waals surface area (Å²) in [4.78, 5) is 8.32. The molecule has 4 nitrogen and oxygen atoms in total. The summed E-state index contributed by atoms with van der Waals surface area (Å²) < 4.78 is 2.17. The van der Waals surface area contributed by atoms with Gasteiger partial charge in [0.1, 0.15) is 0 Å². The van der Waals surface area contributed by atoms with Crippen LogP contribution in [-0.2, 0) is 0 Å². The molecule has 2 heterocycles. The predicted molar refractivity (Wildman–Crippen MR) is 50.0 cm³/mol. The van der Waals surface area contributed by atoms with Gasteiger partial charge in [-0.1, -0.05) is 11.8 Å². The zero-order valence-corrected chi connectivity index (χ0v) is 7.95. The van der Waals surface area contributed by atoms with Gasteiger partial charge in [0.15, 0.2) is 10.8 Å². The molecule has 0 aliphatic heterocycles. The lowest BCUT2D eigenvalue weighted by Crippen LogP contribution is -1.96. The monoisotopic (exact) mass is 198 g/mol. The molecule has 62 valence electrons. The fourth-order valence-corrected chi connectivity index (χ4v) is 1.57. The van der Waals surface area contributed by atoms with Gasteiger partial charge in [0.25, 0.3) is 0 Å². The Morgan fingerprint density at radius 1 is 1.58 bits per heavy atom. The van der Waals surface area contributed by atoms with Gasteiger partial charge in [0.2, 0.25) is 4.77 Å². The highest BCUT2D eigenvalue weighted by atomic mass is 32.2. The number of rotatable bonds is 1. The molecule has 0 aromatic carbocycles. The van der Waals surface area contributed by atoms with Gasteiger partial charge in [-0.2, -0.15) is 4.98 Å². The standard InChI is InChI=1S/C6H6N4S2/c1-12-5-8-4-2-3-7-10(4)6(11)9-5/h2-3,7H,1H3. The van der Waals surface area contributed by atoms with Crippen LogP contribution in [-0.4, -0.2) is 25.8 Å². The highest BCUT2D eigenvalue weighted by Crippen LogP contribution is 2.08. The summed E-state index contributed by atoms with van der Waals surface area (Å²) in [5.74, 6) is 0. The topological polar surface area (TPSA) is 46.0 Å². The van der Waals surface area contributed by atoms with Crippen molar-refractivity contribution in [3.8, 4) is 0 Å². The SMILES string of the molecule is CSc1nc(=S)n2[nH]ccc2n1. The van der Waals surface area contributed by atoms with E-state index < -0.39 is 0 Å². The molecule has 0 aliphatic rings. The van der Waals surface area contributed by atoms with Crippen LogP contribution in [0.15, 0.2) is 17.4 Å². The maximum absolute atomic E-state index is 5.03. The van der Waals surface area contributed by atoms with Crippen molar-refractivity contribution in [2.45, 2.75) is 5.16 Å². The molecule has 0 spiro atoms. The number of fused-ring (bicyclic) bond motifs is 1. The molecule has 12 heavy (non-hydrogen) atoms. The highest BCUT2D eigenvalue weighted by molar-refractivity contribution is 7.98. The Kier molecular flexibility index (Phi) is 1.86. The largest absolute Gasteiger partial charge is 0.297 e. The van der Waals surface area contributed by atoms with Crippen molar-refractivity contribution < 1.29 is 0 Å². The van der Waals surface area contributed by atoms with E-state index in [4.69, 9.17) is 12.2 Å². The maximum Gasteiger partial charge on any atom is 0.223 e. The average Bonchev–Trinajstić information content (AvgIpc) is 2.52. The first-order valence-corrected chi connectivity index (χ1v) is 4.93. The zero-order valence-electron chi connectivity index (χ0n) is 6.31. The molecule has 0 fully saturated rings. The summed E-state index contributed by atoms with van der Waals surface area (Å²) in [6, 6.07) is 1.86. The van der Waals surface area contributed by atoms with Gasteiger partial charge in [-0.3, -0.25) is 5.10 Å². The van der Waals surface area contributed by atoms with Gasteiger partial charge in [0, 0.05) is 12.3 Å². The van der Waals surface area contributed by atoms with Crippen molar-refractivity contribution in [2.75, 3.05) is 6.26 Å². The van der Waals surface area contributed by atoms with Gasteiger partial charge in [-0.25, -0.2) is 9.50 Å². The number of aromatic nitrogens is 4. The molecule has 0 saturated heterocycles. The Bertz CT molecular complexity index is 458. The predicted octanol–water partition coefficient (Wildman–Crippen LogP) is 1.51. The summed E-state index contributed by atoms with van der Waals surface area (Å²) in [6.07, 6.45) is 3.71. The molecule has 1 N–H and O–H groups in total. The number of H-pyrrole nitrogens is 1. The summed E-state index contributed by atoms with van der Waals surface area (Å²) in [5, 5.41) is 3.63. The van der Waals surface area contributed by atoms with Crippen LogP contribution < -0.4 is 0 Å². The van der Waals surface area contributed by atoms with Crippen LogP contribution in [0.5, 0.6) is 0 Å². The van der Waals surface area contributed by atoms with Crippen LogP contribution in [0.25, 0.3) is 5.65 Å². The van der Waals surface area contributed by atoms with Crippen LogP contribution in [0.3, 0.4) is 0 Å². The van der Waals surface area contributed by atoms with Crippen LogP contribution in [0, 0.1) is 4.77 Å². The number of thioether (sulfide) groups is 1. The molecule has 0 aliphatic carbocycles. The van der Waals surface area contributed by atoms with Crippen molar-refractivity contribution in [3.05, 3.63) is 17.0 Å². The fourth-order valence-electron chi connectivity index (χ4n) is 0.914. The quantitative estimate of drug-likeness (QED) is 0.557. The Morgan fingerprint density at radius 2 is 2.42 bits per heavy atom. The van der Waals surface area contributed by atoms with E-state index in [-0.39, 0.29) is 0 Å². The number of nitrogens with one attached hydrogen (secondary N) is 1. The lowest BCUT2D eigenvalue weighted by atomic mass is 10.7. The number of nitrogens with zero attached hydrogens (tertiary/aromatic N) is 3. The lowest BCUT2D eigenvalue weighted by Gasteiger charge is -1.95. The van der Waals surface area contributed by atoms with E-state index in [1.165, 1.54) is 11.8 Å². The first-order chi connectivity index (χ1) is 5.81. The van der Waals surface area contributed by atoms with E-state index in [1.54, 1.807) is 10.7 Å². The molecule has 0 amide bonds. The van der Waals surface area contributed by atoms with Crippen molar-refractivity contribution in [3.63, 3.8) is 0 Å². The van der Waals surface area contributed by atoms with E-state index in [2.05, 4.69) is 15.1 Å². The normalized spacial score (nSPS) is 10.8. The summed E-state index contributed by atoms with van der Waals surface area (Å²) >= 11 is 6.51. The highest BCUT2D eigenvalue weighted by Gasteiger charge is 1.99. The van der Waals surface area contributed by atoms with Crippen molar-refractivity contribution in [1.29, 1.82) is 0 Å². The van der Waals surface area contributed by atoms with Crippen LogP contribution >= 0.6 is 24.0 Å². The van der Waals surface area contributed by atoms with Crippen molar-refractivity contribution in [1.82, 2.24) is 19.6 Å². The molecule has 0 radical (unpaired) electrons. The number of hydrogen-bond acceptors (Lipinski definition) is 4. The third kappa shape index (κ3) is 1.12. The molecular formula is C6H6N4S2. The van der Waals surface area contributed by atoms with Gasteiger partial charge in [-0.05, 0) is 18.5 Å². The molecular weight excluding hydrogens is 192 g/mol. The summed E-state index contributed by atoms with van der Waals surface area (Å²) in [6.45, 7) is 0. The Hall–Kier alpha value is -0.880. The Labute approximate surface area is 78.0 Å². The molecule has 2 rings (SSSR count). The van der Waals surface area contributed by atoms with E-state index >= 15 is 0 Å². The maximum atomic E-state index is 5.03. The van der Waals surface area contributed by atoms with Crippen LogP contribution in [0.2, 0.25) is 0 Å². The number of hydrogen-bond donors (Lipinski definition) is 1. The molecule has 2 aromatic rings. The van der Waals surface area contributed by atoms with E-state index in [0.29, 0.717) is 9.93 Å². The minimum absolute atomic E-state index is 0.509. The lowest BCUT2D eigenvalue weighted by molar-refractivity contribution is 0.816. The van der Waals surface area contributed by atoms with Crippen LogP contribution in [0.1, 0.15) is 0 Å². The first-order valence-electron chi connectivity index (χ1n) is 3.29. The van der Waals surface area contributed by atoms with Gasteiger partial charge in [0.05, 0.1) is 0 Å². The van der Waals surface area contributed by atoms with E-state index in [9.17, 15) is 0 Å². The van der Waals surface area contributed by atoms with E-state index in [0.717, 1.165) is 5.65 Å². The van der Waals surface area contributed by atoms with Crippen LogP contribution in [0.4, 0.5) is 0 Å². The van der Waals surface area contributed by atoms with Gasteiger partial charge < -0.3 is 0 Å². The average molecular weight is 198 g/mol. The van der Waals surface area contributed by atoms with Gasteiger partial charge >= 0.3 is 0 Å². The van der Waals surface area contributed by atoms with E-state index in [1.807, 2.05) is 12.3 Å². The summed E-state index contributed by atoms with van der Waals surface area (Å²) in [5.41, 5.74) is 0.805. The Morgan fingerprint density at radius 3 is 3.17 bits per heavy atom. The fraction of sp³-hybridized carbons (Fsp3) is 0.167. The third-order valence-electron chi connectivity index (χ3n) is 1.44. The second kappa shape index (κ2) is 2.87. The molecule has 0 unspecified atom stereocenters. The molecule has 2 aromatic heterocycles. The van der Waals surface area contributed by atoms with Crippen molar-refractivity contribution in [2.24, 2.45) is 0 Å². The van der Waals surface area contributed by atoms with Gasteiger partial charge in [-0.15, -0.1) is 0 Å². The molecule has 0 saturated carbocycles. The second-order valence-electron chi connectivity index (χ2n) is 2.15. The first kappa shape index (κ1) is 7.75. The minimum Gasteiger partial charge on any atom is -0.297 e. The second-order valence-corrected chi connectivity index (χ2v) is 3.29. The smallest absolute Gasteiger partial charge is 0.223 e. The summed E-state index contributed by atoms with van der Waals surface area (Å²) in [7, 11) is 0. The third-order valence-corrected chi connectivity index (χ3v) is 2.26. The molecule has 6 heteroatoms. The zero-order chi connectivity index (χ0) is 8.55.